The second-order valence-corrected chi connectivity index (χ2v) is 5.70. The van der Waals surface area contributed by atoms with Crippen LogP contribution in [0.2, 0.25) is 0 Å². The highest BCUT2D eigenvalue weighted by atomic mass is 79.9. The number of para-hydroxylation sites is 1. The molecule has 7 nitrogen and oxygen atoms in total. The number of hydrogen-bond acceptors (Lipinski definition) is 5. The van der Waals surface area contributed by atoms with Gasteiger partial charge in [-0.25, -0.2) is 5.43 Å². The molecule has 0 saturated heterocycles. The lowest BCUT2D eigenvalue weighted by atomic mass is 10.1. The van der Waals surface area contributed by atoms with E-state index in [1.165, 1.54) is 18.3 Å². The summed E-state index contributed by atoms with van der Waals surface area (Å²) in [6, 6.07) is 7.73. The number of amides is 1. The van der Waals surface area contributed by atoms with E-state index in [9.17, 15) is 14.9 Å². The normalized spacial score (nSPS) is 10.8. The van der Waals surface area contributed by atoms with E-state index < -0.39 is 10.8 Å². The summed E-state index contributed by atoms with van der Waals surface area (Å²) in [5, 5.41) is 14.6. The number of benzene rings is 1. The summed E-state index contributed by atoms with van der Waals surface area (Å²) in [5.41, 5.74) is 2.52. The van der Waals surface area contributed by atoms with Gasteiger partial charge in [0.25, 0.3) is 5.69 Å². The predicted octanol–water partition coefficient (Wildman–Crippen LogP) is 3.41. The zero-order valence-corrected chi connectivity index (χ0v) is 14.1. The Morgan fingerprint density at radius 1 is 1.41 bits per heavy atom. The van der Waals surface area contributed by atoms with Crippen molar-refractivity contribution in [1.29, 1.82) is 0 Å². The van der Waals surface area contributed by atoms with Crippen LogP contribution in [0.3, 0.4) is 0 Å². The predicted molar refractivity (Wildman–Crippen MR) is 86.6 cm³/mol. The summed E-state index contributed by atoms with van der Waals surface area (Å²) in [6.07, 6.45) is 1.19. The Balaban J connectivity index is 1.97. The van der Waals surface area contributed by atoms with Crippen LogP contribution in [0, 0.1) is 10.1 Å². The molecule has 0 radical (unpaired) electrons. The van der Waals surface area contributed by atoms with Gasteiger partial charge in [0.15, 0.2) is 4.67 Å². The lowest BCUT2D eigenvalue weighted by Gasteiger charge is -2.01. The number of halogens is 2. The maximum Gasteiger partial charge on any atom is 0.273 e. The fourth-order valence-electron chi connectivity index (χ4n) is 1.65. The van der Waals surface area contributed by atoms with Crippen molar-refractivity contribution in [3.8, 4) is 0 Å². The van der Waals surface area contributed by atoms with Gasteiger partial charge in [0.1, 0.15) is 5.76 Å². The van der Waals surface area contributed by atoms with Gasteiger partial charge in [-0.1, -0.05) is 18.2 Å². The minimum atomic E-state index is -0.524. The summed E-state index contributed by atoms with van der Waals surface area (Å²) >= 11 is 6.43. The van der Waals surface area contributed by atoms with Crippen molar-refractivity contribution in [1.82, 2.24) is 5.43 Å². The highest BCUT2D eigenvalue weighted by Crippen LogP contribution is 2.25. The van der Waals surface area contributed by atoms with Gasteiger partial charge in [-0.2, -0.15) is 5.10 Å². The molecule has 0 saturated carbocycles. The molecule has 0 spiro atoms. The second-order valence-electron chi connectivity index (χ2n) is 4.13. The minimum Gasteiger partial charge on any atom is -0.447 e. The molecule has 0 unspecified atom stereocenters. The van der Waals surface area contributed by atoms with Gasteiger partial charge in [-0.3, -0.25) is 14.9 Å². The zero-order valence-electron chi connectivity index (χ0n) is 11.0. The lowest BCUT2D eigenvalue weighted by molar-refractivity contribution is -0.385. The third kappa shape index (κ3) is 4.25. The quantitative estimate of drug-likeness (QED) is 0.446. The molecular formula is C13H9Br2N3O4. The van der Waals surface area contributed by atoms with Crippen LogP contribution < -0.4 is 5.43 Å². The first kappa shape index (κ1) is 16.4. The molecule has 114 valence electrons. The van der Waals surface area contributed by atoms with Crippen molar-refractivity contribution in [2.75, 3.05) is 0 Å². The molecule has 1 amide bonds. The summed E-state index contributed by atoms with van der Waals surface area (Å²) in [7, 11) is 0. The molecule has 2 aromatic rings. The molecule has 0 aliphatic rings. The fourth-order valence-corrected chi connectivity index (χ4v) is 2.25. The third-order valence-corrected chi connectivity index (χ3v) is 4.29. The van der Waals surface area contributed by atoms with E-state index in [-0.39, 0.29) is 12.1 Å². The average Bonchev–Trinajstić information content (AvgIpc) is 2.78. The molecule has 2 rings (SSSR count). The molecule has 1 aromatic heterocycles. The molecule has 1 N–H and O–H groups in total. The molecule has 22 heavy (non-hydrogen) atoms. The average molecular weight is 431 g/mol. The number of carbonyl (C=O) groups excluding carboxylic acids is 1. The standard InChI is InChI=1S/C13H9Br2N3O4/c14-10-6-9(22-13(10)15)7-16-17-12(19)5-8-3-1-2-4-11(8)18(20)21/h1-4,6-7H,5H2,(H,17,19). The van der Waals surface area contributed by atoms with E-state index in [1.54, 1.807) is 18.2 Å². The number of nitro benzene ring substituents is 1. The van der Waals surface area contributed by atoms with Crippen molar-refractivity contribution in [3.05, 3.63) is 60.9 Å². The largest absolute Gasteiger partial charge is 0.447 e. The Morgan fingerprint density at radius 2 is 2.14 bits per heavy atom. The Labute approximate surface area is 141 Å². The van der Waals surface area contributed by atoms with Gasteiger partial charge in [-0.05, 0) is 31.9 Å². The van der Waals surface area contributed by atoms with Crippen LogP contribution in [0.5, 0.6) is 0 Å². The maximum atomic E-state index is 11.8. The van der Waals surface area contributed by atoms with Gasteiger partial charge in [0.2, 0.25) is 5.91 Å². The SMILES string of the molecule is O=C(Cc1ccccc1[N+](=O)[O-])NN=Cc1cc(Br)c(Br)o1. The zero-order chi connectivity index (χ0) is 16.1. The lowest BCUT2D eigenvalue weighted by Crippen LogP contribution is -2.20. The number of nitrogens with one attached hydrogen (secondary N) is 1. The summed E-state index contributed by atoms with van der Waals surface area (Å²) in [4.78, 5) is 22.1. The first-order valence-corrected chi connectivity index (χ1v) is 7.55. The molecular weight excluding hydrogens is 422 g/mol. The Kier molecular flexibility index (Phi) is 5.45. The van der Waals surface area contributed by atoms with Gasteiger partial charge >= 0.3 is 0 Å². The number of furan rings is 1. The molecule has 0 atom stereocenters. The van der Waals surface area contributed by atoms with Gasteiger partial charge < -0.3 is 4.42 Å². The van der Waals surface area contributed by atoms with E-state index in [1.807, 2.05) is 0 Å². The van der Waals surface area contributed by atoms with Crippen LogP contribution >= 0.6 is 31.9 Å². The van der Waals surface area contributed by atoms with Crippen LogP contribution in [0.1, 0.15) is 11.3 Å². The number of hydrogen-bond donors (Lipinski definition) is 1. The van der Waals surface area contributed by atoms with Crippen molar-refractivity contribution in [2.24, 2.45) is 5.10 Å². The van der Waals surface area contributed by atoms with Crippen LogP contribution in [0.4, 0.5) is 5.69 Å². The van der Waals surface area contributed by atoms with E-state index >= 15 is 0 Å². The molecule has 1 heterocycles. The molecule has 9 heteroatoms. The highest BCUT2D eigenvalue weighted by molar-refractivity contribution is 9.13. The van der Waals surface area contributed by atoms with E-state index in [0.717, 1.165) is 4.47 Å². The van der Waals surface area contributed by atoms with Crippen molar-refractivity contribution >= 4 is 49.7 Å². The third-order valence-electron chi connectivity index (χ3n) is 2.58. The van der Waals surface area contributed by atoms with Gasteiger partial charge in [-0.15, -0.1) is 0 Å². The second kappa shape index (κ2) is 7.32. The van der Waals surface area contributed by atoms with Gasteiger partial charge in [0.05, 0.1) is 22.0 Å². The molecule has 0 fully saturated rings. The highest BCUT2D eigenvalue weighted by Gasteiger charge is 2.15. The van der Waals surface area contributed by atoms with Crippen LogP contribution in [0.25, 0.3) is 0 Å². The molecule has 0 aliphatic carbocycles. The number of nitrogens with zero attached hydrogens (tertiary/aromatic N) is 2. The van der Waals surface area contributed by atoms with E-state index in [2.05, 4.69) is 42.4 Å². The Hall–Kier alpha value is -2.00. The van der Waals surface area contributed by atoms with Crippen molar-refractivity contribution in [2.45, 2.75) is 6.42 Å². The number of rotatable bonds is 5. The number of hydrazone groups is 1. The molecule has 1 aromatic carbocycles. The fraction of sp³-hybridized carbons (Fsp3) is 0.0769. The van der Waals surface area contributed by atoms with E-state index in [4.69, 9.17) is 4.42 Å². The first-order valence-electron chi connectivity index (χ1n) is 5.96. The van der Waals surface area contributed by atoms with Crippen LogP contribution in [0.15, 0.2) is 49.0 Å². The van der Waals surface area contributed by atoms with E-state index in [0.29, 0.717) is 16.0 Å². The van der Waals surface area contributed by atoms with Crippen molar-refractivity contribution in [3.63, 3.8) is 0 Å². The molecule has 0 aliphatic heterocycles. The topological polar surface area (TPSA) is 97.7 Å². The first-order chi connectivity index (χ1) is 10.5. The number of nitro groups is 1. The smallest absolute Gasteiger partial charge is 0.273 e. The summed E-state index contributed by atoms with van der Waals surface area (Å²) < 4.78 is 6.48. The van der Waals surface area contributed by atoms with Crippen LogP contribution in [-0.2, 0) is 11.2 Å². The van der Waals surface area contributed by atoms with Gasteiger partial charge in [0, 0.05) is 17.7 Å². The summed E-state index contributed by atoms with van der Waals surface area (Å²) in [6.45, 7) is 0. The van der Waals surface area contributed by atoms with Crippen LogP contribution in [-0.4, -0.2) is 17.0 Å². The Morgan fingerprint density at radius 3 is 2.77 bits per heavy atom. The van der Waals surface area contributed by atoms with Crippen molar-refractivity contribution < 1.29 is 14.1 Å². The molecule has 0 bridgehead atoms. The summed E-state index contributed by atoms with van der Waals surface area (Å²) in [5.74, 6) is -0.0278. The Bertz CT molecular complexity index is 723. The minimum absolute atomic E-state index is 0.0967. The number of carbonyl (C=O) groups is 1. The monoisotopic (exact) mass is 429 g/mol. The maximum absolute atomic E-state index is 11.8.